The van der Waals surface area contributed by atoms with Crippen molar-refractivity contribution in [1.82, 2.24) is 5.32 Å². The zero-order valence-electron chi connectivity index (χ0n) is 14.9. The zero-order chi connectivity index (χ0) is 19.2. The lowest BCUT2D eigenvalue weighted by Crippen LogP contribution is -2.25. The third kappa shape index (κ3) is 5.55. The number of nitrogens with one attached hydrogen (secondary N) is 1. The molecule has 1 amide bonds. The summed E-state index contributed by atoms with van der Waals surface area (Å²) in [5.41, 5.74) is 2.37. The van der Waals surface area contributed by atoms with Gasteiger partial charge in [0.25, 0.3) is 5.91 Å². The fourth-order valence-corrected chi connectivity index (χ4v) is 3.88. The van der Waals surface area contributed by atoms with Gasteiger partial charge in [0, 0.05) is 16.5 Å². The van der Waals surface area contributed by atoms with Crippen molar-refractivity contribution in [3.8, 4) is 0 Å². The summed E-state index contributed by atoms with van der Waals surface area (Å²) >= 11 is 5.93. The van der Waals surface area contributed by atoms with Crippen LogP contribution in [-0.4, -0.2) is 16.7 Å². The molecule has 27 heavy (non-hydrogen) atoms. The molecule has 0 spiro atoms. The summed E-state index contributed by atoms with van der Waals surface area (Å²) in [4.78, 5) is 12.8. The van der Waals surface area contributed by atoms with Crippen molar-refractivity contribution >= 4 is 28.3 Å². The molecule has 0 fully saturated rings. The van der Waals surface area contributed by atoms with Gasteiger partial charge in [-0.25, -0.2) is 0 Å². The number of aryl methyl sites for hydroxylation is 1. The fraction of sp³-hybridized carbons (Fsp3) is 0.190. The number of carbonyl (C=O) groups excluding carboxylic acids is 1. The summed E-state index contributed by atoms with van der Waals surface area (Å²) in [6, 6.07) is 18.4. The molecule has 1 heterocycles. The van der Waals surface area contributed by atoms with E-state index in [2.05, 4.69) is 29.6 Å². The van der Waals surface area contributed by atoms with Crippen LogP contribution >= 0.6 is 11.6 Å². The number of amides is 1. The Morgan fingerprint density at radius 2 is 1.89 bits per heavy atom. The highest BCUT2D eigenvalue weighted by Gasteiger charge is 2.13. The van der Waals surface area contributed by atoms with E-state index in [-0.39, 0.29) is 17.4 Å². The highest BCUT2D eigenvalue weighted by atomic mass is 35.5. The molecule has 0 saturated carbocycles. The standard InChI is InChI=1S/C21H20ClNO3S/c1-15-5-7-16(8-6-15)11-12-23-21(24)20-10-9-18(26-20)14-27(25)19-4-2-3-17(22)13-19/h2-10,13H,11-12,14H2,1H3,(H,23,24). The molecule has 2 aromatic carbocycles. The van der Waals surface area contributed by atoms with Gasteiger partial charge in [-0.2, -0.15) is 0 Å². The molecular formula is C21H20ClNO3S. The minimum Gasteiger partial charge on any atom is -0.455 e. The van der Waals surface area contributed by atoms with E-state index in [1.54, 1.807) is 36.4 Å². The first-order valence-electron chi connectivity index (χ1n) is 8.57. The molecule has 0 aliphatic rings. The zero-order valence-corrected chi connectivity index (χ0v) is 16.5. The molecule has 1 unspecified atom stereocenters. The second-order valence-electron chi connectivity index (χ2n) is 6.20. The number of rotatable bonds is 7. The lowest BCUT2D eigenvalue weighted by molar-refractivity contribution is 0.0925. The van der Waals surface area contributed by atoms with E-state index in [0.29, 0.717) is 22.2 Å². The van der Waals surface area contributed by atoms with Crippen molar-refractivity contribution in [2.24, 2.45) is 0 Å². The van der Waals surface area contributed by atoms with Gasteiger partial charge in [-0.1, -0.05) is 47.5 Å². The Balaban J connectivity index is 1.52. The fourth-order valence-electron chi connectivity index (χ4n) is 2.56. The summed E-state index contributed by atoms with van der Waals surface area (Å²) in [6.45, 7) is 2.56. The first-order valence-corrected chi connectivity index (χ1v) is 10.3. The number of carbonyl (C=O) groups is 1. The molecule has 3 aromatic rings. The quantitative estimate of drug-likeness (QED) is 0.633. The van der Waals surface area contributed by atoms with Crippen LogP contribution < -0.4 is 5.32 Å². The molecule has 0 aliphatic carbocycles. The Morgan fingerprint density at radius 3 is 2.63 bits per heavy atom. The number of hydrogen-bond donors (Lipinski definition) is 1. The molecule has 0 aliphatic heterocycles. The van der Waals surface area contributed by atoms with Crippen molar-refractivity contribution in [3.05, 3.63) is 88.3 Å². The average molecular weight is 402 g/mol. The van der Waals surface area contributed by atoms with Crippen LogP contribution in [0.3, 0.4) is 0 Å². The second-order valence-corrected chi connectivity index (χ2v) is 8.09. The Morgan fingerprint density at radius 1 is 1.11 bits per heavy atom. The Kier molecular flexibility index (Phi) is 6.48. The Labute approximate surface area is 166 Å². The maximum absolute atomic E-state index is 12.4. The van der Waals surface area contributed by atoms with E-state index in [1.807, 2.05) is 6.92 Å². The van der Waals surface area contributed by atoms with E-state index in [1.165, 1.54) is 5.56 Å². The van der Waals surface area contributed by atoms with Crippen LogP contribution in [0.4, 0.5) is 0 Å². The normalized spacial score (nSPS) is 11.9. The van der Waals surface area contributed by atoms with Crippen molar-refractivity contribution in [2.75, 3.05) is 6.54 Å². The lowest BCUT2D eigenvalue weighted by Gasteiger charge is -2.04. The summed E-state index contributed by atoms with van der Waals surface area (Å²) in [6.07, 6.45) is 0.748. The van der Waals surface area contributed by atoms with Crippen LogP contribution in [0.15, 0.2) is 70.0 Å². The molecule has 1 atom stereocenters. The summed E-state index contributed by atoms with van der Waals surface area (Å²) < 4.78 is 17.9. The van der Waals surface area contributed by atoms with Crippen LogP contribution in [0.1, 0.15) is 27.4 Å². The minimum absolute atomic E-state index is 0.191. The monoisotopic (exact) mass is 401 g/mol. The van der Waals surface area contributed by atoms with Gasteiger partial charge in [0.05, 0.1) is 16.6 Å². The maximum Gasteiger partial charge on any atom is 0.287 e. The molecule has 3 rings (SSSR count). The van der Waals surface area contributed by atoms with Crippen LogP contribution in [0.25, 0.3) is 0 Å². The van der Waals surface area contributed by atoms with Crippen LogP contribution in [0.5, 0.6) is 0 Å². The molecular weight excluding hydrogens is 382 g/mol. The topological polar surface area (TPSA) is 59.3 Å². The summed E-state index contributed by atoms with van der Waals surface area (Å²) in [7, 11) is -1.29. The molecule has 1 aromatic heterocycles. The highest BCUT2D eigenvalue weighted by molar-refractivity contribution is 7.84. The predicted octanol–water partition coefficient (Wildman–Crippen LogP) is 4.52. The van der Waals surface area contributed by atoms with Crippen LogP contribution in [-0.2, 0) is 23.0 Å². The van der Waals surface area contributed by atoms with Gasteiger partial charge in [0.1, 0.15) is 5.76 Å². The van der Waals surface area contributed by atoms with E-state index < -0.39 is 10.8 Å². The molecule has 4 nitrogen and oxygen atoms in total. The number of furan rings is 1. The van der Waals surface area contributed by atoms with Gasteiger partial charge in [-0.15, -0.1) is 0 Å². The SMILES string of the molecule is Cc1ccc(CCNC(=O)c2ccc(CS(=O)c3cccc(Cl)c3)o2)cc1. The average Bonchev–Trinajstić information content (AvgIpc) is 3.12. The summed E-state index contributed by atoms with van der Waals surface area (Å²) in [5.74, 6) is 0.632. The second kappa shape index (κ2) is 9.02. The lowest BCUT2D eigenvalue weighted by atomic mass is 10.1. The molecule has 0 saturated heterocycles. The third-order valence-electron chi connectivity index (χ3n) is 4.04. The van der Waals surface area contributed by atoms with Crippen molar-refractivity contribution in [2.45, 2.75) is 24.0 Å². The van der Waals surface area contributed by atoms with Crippen molar-refractivity contribution < 1.29 is 13.4 Å². The predicted molar refractivity (Wildman–Crippen MR) is 107 cm³/mol. The largest absolute Gasteiger partial charge is 0.455 e. The van der Waals surface area contributed by atoms with E-state index in [0.717, 1.165) is 12.0 Å². The summed E-state index contributed by atoms with van der Waals surface area (Å²) in [5, 5.41) is 3.38. The van der Waals surface area contributed by atoms with Gasteiger partial charge in [-0.3, -0.25) is 9.00 Å². The van der Waals surface area contributed by atoms with E-state index >= 15 is 0 Å². The van der Waals surface area contributed by atoms with Gasteiger partial charge < -0.3 is 9.73 Å². The maximum atomic E-state index is 12.4. The smallest absolute Gasteiger partial charge is 0.287 e. The third-order valence-corrected chi connectivity index (χ3v) is 5.60. The number of benzene rings is 2. The van der Waals surface area contributed by atoms with Gasteiger partial charge in [0.15, 0.2) is 5.76 Å². The first-order chi connectivity index (χ1) is 13.0. The van der Waals surface area contributed by atoms with Gasteiger partial charge >= 0.3 is 0 Å². The number of halogens is 1. The molecule has 1 N–H and O–H groups in total. The number of hydrogen-bond acceptors (Lipinski definition) is 3. The van der Waals surface area contributed by atoms with Gasteiger partial charge in [-0.05, 0) is 49.2 Å². The van der Waals surface area contributed by atoms with Gasteiger partial charge in [0.2, 0.25) is 0 Å². The minimum atomic E-state index is -1.29. The van der Waals surface area contributed by atoms with E-state index in [4.69, 9.17) is 16.0 Å². The molecule has 6 heteroatoms. The Hall–Kier alpha value is -2.37. The Bertz CT molecular complexity index is 950. The van der Waals surface area contributed by atoms with E-state index in [9.17, 15) is 9.00 Å². The highest BCUT2D eigenvalue weighted by Crippen LogP contribution is 2.18. The molecule has 0 radical (unpaired) electrons. The molecule has 140 valence electrons. The first kappa shape index (κ1) is 19.4. The van der Waals surface area contributed by atoms with Crippen molar-refractivity contribution in [1.29, 1.82) is 0 Å². The van der Waals surface area contributed by atoms with Crippen molar-refractivity contribution in [3.63, 3.8) is 0 Å². The van der Waals surface area contributed by atoms with Crippen LogP contribution in [0, 0.1) is 6.92 Å². The molecule has 0 bridgehead atoms. The van der Waals surface area contributed by atoms with Crippen LogP contribution in [0.2, 0.25) is 5.02 Å².